The molecule has 0 spiro atoms. The van der Waals surface area contributed by atoms with Crippen molar-refractivity contribution in [2.75, 3.05) is 6.26 Å². The van der Waals surface area contributed by atoms with Crippen LogP contribution in [0.3, 0.4) is 0 Å². The first-order valence-electron chi connectivity index (χ1n) is 7.69. The van der Waals surface area contributed by atoms with Gasteiger partial charge in [0.2, 0.25) is 0 Å². The number of hydrogen-bond donors (Lipinski definition) is 0. The van der Waals surface area contributed by atoms with Crippen molar-refractivity contribution in [1.82, 2.24) is 0 Å². The zero-order valence-electron chi connectivity index (χ0n) is 13.6. The predicted octanol–water partition coefficient (Wildman–Crippen LogP) is 5.73. The van der Waals surface area contributed by atoms with Crippen LogP contribution >= 0.6 is 11.8 Å². The van der Waals surface area contributed by atoms with Crippen LogP contribution in [0.1, 0.15) is 5.56 Å². The summed E-state index contributed by atoms with van der Waals surface area (Å²) in [5.41, 5.74) is 3.34. The molecule has 4 nitrogen and oxygen atoms in total. The van der Waals surface area contributed by atoms with Gasteiger partial charge in [0.1, 0.15) is 0 Å². The van der Waals surface area contributed by atoms with Gasteiger partial charge in [-0.2, -0.15) is 0 Å². The molecule has 3 rings (SSSR count). The molecule has 0 radical (unpaired) electrons. The number of benzene rings is 3. The SMILES string of the molecule is CSc1ccc(C=Nc2ccc(-c3ccccc3[N+](=O)[O-])cc2)cc1. The van der Waals surface area contributed by atoms with Crippen molar-refractivity contribution in [1.29, 1.82) is 0 Å². The lowest BCUT2D eigenvalue weighted by atomic mass is 10.0. The van der Waals surface area contributed by atoms with E-state index in [9.17, 15) is 10.1 Å². The normalized spacial score (nSPS) is 10.9. The number of nitro groups is 1. The van der Waals surface area contributed by atoms with E-state index >= 15 is 0 Å². The molecule has 0 bridgehead atoms. The minimum atomic E-state index is -0.361. The number of rotatable bonds is 5. The van der Waals surface area contributed by atoms with Gasteiger partial charge in [0, 0.05) is 17.2 Å². The first-order chi connectivity index (χ1) is 12.2. The highest BCUT2D eigenvalue weighted by atomic mass is 32.2. The van der Waals surface area contributed by atoms with Crippen LogP contribution in [0.4, 0.5) is 11.4 Å². The Balaban J connectivity index is 1.80. The van der Waals surface area contributed by atoms with Gasteiger partial charge < -0.3 is 0 Å². The zero-order valence-corrected chi connectivity index (χ0v) is 14.4. The van der Waals surface area contributed by atoms with Crippen LogP contribution < -0.4 is 0 Å². The number of nitro benzene ring substituents is 1. The third-order valence-electron chi connectivity index (χ3n) is 3.76. The van der Waals surface area contributed by atoms with Crippen molar-refractivity contribution in [3.8, 4) is 11.1 Å². The molecule has 0 N–H and O–H groups in total. The van der Waals surface area contributed by atoms with Crippen LogP contribution in [-0.4, -0.2) is 17.4 Å². The molecule has 0 aromatic heterocycles. The first kappa shape index (κ1) is 16.9. The Bertz CT molecular complexity index is 904. The van der Waals surface area contributed by atoms with Crippen molar-refractivity contribution in [3.63, 3.8) is 0 Å². The number of para-hydroxylation sites is 1. The van der Waals surface area contributed by atoms with Crippen LogP contribution in [0, 0.1) is 10.1 Å². The molecular weight excluding hydrogens is 332 g/mol. The summed E-state index contributed by atoms with van der Waals surface area (Å²) >= 11 is 1.70. The van der Waals surface area contributed by atoms with Gasteiger partial charge in [-0.05, 0) is 47.7 Å². The van der Waals surface area contributed by atoms with E-state index in [-0.39, 0.29) is 10.6 Å². The topological polar surface area (TPSA) is 55.5 Å². The maximum atomic E-state index is 11.1. The summed E-state index contributed by atoms with van der Waals surface area (Å²) in [6.45, 7) is 0. The van der Waals surface area contributed by atoms with Crippen LogP contribution in [0.5, 0.6) is 0 Å². The fourth-order valence-corrected chi connectivity index (χ4v) is 2.85. The van der Waals surface area contributed by atoms with Gasteiger partial charge >= 0.3 is 0 Å². The molecule has 0 saturated heterocycles. The third-order valence-corrected chi connectivity index (χ3v) is 4.50. The molecule has 124 valence electrons. The van der Waals surface area contributed by atoms with Gasteiger partial charge in [-0.3, -0.25) is 15.1 Å². The van der Waals surface area contributed by atoms with E-state index in [4.69, 9.17) is 0 Å². The Morgan fingerprint density at radius 1 is 0.960 bits per heavy atom. The second-order valence-corrected chi connectivity index (χ2v) is 6.23. The molecular formula is C20H16N2O2S. The van der Waals surface area contributed by atoms with E-state index in [1.165, 1.54) is 11.0 Å². The molecule has 0 aliphatic heterocycles. The van der Waals surface area contributed by atoms with E-state index in [2.05, 4.69) is 17.1 Å². The Morgan fingerprint density at radius 3 is 2.28 bits per heavy atom. The lowest BCUT2D eigenvalue weighted by molar-refractivity contribution is -0.384. The van der Waals surface area contributed by atoms with E-state index in [0.717, 1.165) is 16.8 Å². The fraction of sp³-hybridized carbons (Fsp3) is 0.0500. The Hall–Kier alpha value is -2.92. The van der Waals surface area contributed by atoms with Gasteiger partial charge in [0.05, 0.1) is 16.2 Å². The van der Waals surface area contributed by atoms with E-state index in [1.807, 2.05) is 48.9 Å². The average molecular weight is 348 g/mol. The van der Waals surface area contributed by atoms with Gasteiger partial charge in [-0.1, -0.05) is 36.4 Å². The van der Waals surface area contributed by atoms with E-state index in [1.54, 1.807) is 30.0 Å². The Kier molecular flexibility index (Phi) is 5.26. The quantitative estimate of drug-likeness (QED) is 0.256. The van der Waals surface area contributed by atoms with Gasteiger partial charge in [0.15, 0.2) is 0 Å². The zero-order chi connectivity index (χ0) is 17.6. The summed E-state index contributed by atoms with van der Waals surface area (Å²) in [7, 11) is 0. The molecule has 0 unspecified atom stereocenters. The Labute approximate surface area is 150 Å². The predicted molar refractivity (Wildman–Crippen MR) is 104 cm³/mol. The van der Waals surface area contributed by atoms with Crippen molar-refractivity contribution in [2.45, 2.75) is 4.90 Å². The number of thioether (sulfide) groups is 1. The summed E-state index contributed by atoms with van der Waals surface area (Å²) in [6, 6.07) is 22.3. The summed E-state index contributed by atoms with van der Waals surface area (Å²) in [5, 5.41) is 11.1. The molecule has 5 heteroatoms. The van der Waals surface area contributed by atoms with Crippen LogP contribution in [0.2, 0.25) is 0 Å². The van der Waals surface area contributed by atoms with Crippen molar-refractivity contribution in [2.24, 2.45) is 4.99 Å². The van der Waals surface area contributed by atoms with Gasteiger partial charge in [-0.25, -0.2) is 0 Å². The lowest BCUT2D eigenvalue weighted by Gasteiger charge is -2.03. The molecule has 3 aromatic rings. The number of aliphatic imine (C=N–C) groups is 1. The van der Waals surface area contributed by atoms with Crippen molar-refractivity contribution in [3.05, 3.63) is 88.5 Å². The van der Waals surface area contributed by atoms with Crippen LogP contribution in [-0.2, 0) is 0 Å². The molecule has 0 atom stereocenters. The van der Waals surface area contributed by atoms with Gasteiger partial charge in [-0.15, -0.1) is 11.8 Å². The summed E-state index contributed by atoms with van der Waals surface area (Å²) in [5.74, 6) is 0. The highest BCUT2D eigenvalue weighted by Gasteiger charge is 2.13. The number of nitrogens with zero attached hydrogens (tertiary/aromatic N) is 2. The first-order valence-corrected chi connectivity index (χ1v) is 8.92. The molecule has 0 heterocycles. The Morgan fingerprint density at radius 2 is 1.64 bits per heavy atom. The maximum absolute atomic E-state index is 11.1. The molecule has 0 fully saturated rings. The minimum absolute atomic E-state index is 0.104. The standard InChI is InChI=1S/C20H16N2O2S/c1-25-18-12-6-15(7-13-18)14-21-17-10-8-16(9-11-17)19-4-2-3-5-20(19)22(23)24/h2-14H,1H3. The smallest absolute Gasteiger partial charge is 0.258 e. The highest BCUT2D eigenvalue weighted by molar-refractivity contribution is 7.98. The molecule has 0 aliphatic carbocycles. The lowest BCUT2D eigenvalue weighted by Crippen LogP contribution is -1.91. The van der Waals surface area contributed by atoms with E-state index in [0.29, 0.717) is 5.56 Å². The summed E-state index contributed by atoms with van der Waals surface area (Å²) in [6.07, 6.45) is 3.85. The van der Waals surface area contributed by atoms with E-state index < -0.39 is 0 Å². The third kappa shape index (κ3) is 4.14. The average Bonchev–Trinajstić information content (AvgIpc) is 2.67. The monoisotopic (exact) mass is 348 g/mol. The molecule has 3 aromatic carbocycles. The second kappa shape index (κ2) is 7.77. The fourth-order valence-electron chi connectivity index (χ4n) is 2.44. The van der Waals surface area contributed by atoms with Crippen molar-refractivity contribution < 1.29 is 4.92 Å². The summed E-state index contributed by atoms with van der Waals surface area (Å²) in [4.78, 5) is 16.5. The molecule has 0 amide bonds. The second-order valence-electron chi connectivity index (χ2n) is 5.35. The van der Waals surface area contributed by atoms with Crippen molar-refractivity contribution >= 4 is 29.4 Å². The molecule has 0 saturated carbocycles. The van der Waals surface area contributed by atoms with Gasteiger partial charge in [0.25, 0.3) is 5.69 Å². The summed E-state index contributed by atoms with van der Waals surface area (Å²) < 4.78 is 0. The maximum Gasteiger partial charge on any atom is 0.277 e. The van der Waals surface area contributed by atoms with Crippen LogP contribution in [0.15, 0.2) is 82.7 Å². The van der Waals surface area contributed by atoms with Crippen LogP contribution in [0.25, 0.3) is 11.1 Å². The highest BCUT2D eigenvalue weighted by Crippen LogP contribution is 2.30. The largest absolute Gasteiger partial charge is 0.277 e. The minimum Gasteiger partial charge on any atom is -0.258 e. The number of hydrogen-bond acceptors (Lipinski definition) is 4. The molecule has 25 heavy (non-hydrogen) atoms. The molecule has 0 aliphatic rings.